The van der Waals surface area contributed by atoms with E-state index in [1.54, 1.807) is 107 Å². The zero-order valence-corrected chi connectivity index (χ0v) is 33.2. The number of fused-ring (bicyclic) bond motifs is 2. The van der Waals surface area contributed by atoms with E-state index in [1.165, 1.54) is 11.2 Å². The minimum atomic E-state index is -4.79. The number of carbonyl (C=O) groups excluding carboxylic acids is 2. The van der Waals surface area contributed by atoms with Crippen LogP contribution in [0.5, 0.6) is 0 Å². The molecule has 2 amide bonds. The van der Waals surface area contributed by atoms with Crippen LogP contribution in [-0.2, 0) is 6.18 Å². The van der Waals surface area contributed by atoms with Crippen LogP contribution in [0.1, 0.15) is 26.3 Å². The number of hydrogen-bond donors (Lipinski definition) is 2. The molecule has 10 aromatic rings. The van der Waals surface area contributed by atoms with E-state index >= 15 is 13.6 Å². The topological polar surface area (TPSA) is 151 Å². The van der Waals surface area contributed by atoms with Crippen molar-refractivity contribution in [3.8, 4) is 45.2 Å². The minimum Gasteiger partial charge on any atom is -0.343 e. The summed E-state index contributed by atoms with van der Waals surface area (Å²) in [6, 6.07) is 28.9. The summed E-state index contributed by atoms with van der Waals surface area (Å²) in [6.07, 6.45) is 4.86. The van der Waals surface area contributed by atoms with Crippen LogP contribution in [0.3, 0.4) is 0 Å². The van der Waals surface area contributed by atoms with Crippen LogP contribution in [0.25, 0.3) is 56.5 Å². The molecule has 0 spiro atoms. The molecule has 0 aliphatic heterocycles. The number of H-pyrrole nitrogens is 1. The molecule has 0 aliphatic rings. The molecule has 2 N–H and O–H groups in total. The number of benzene rings is 4. The van der Waals surface area contributed by atoms with E-state index in [9.17, 15) is 18.0 Å². The molecule has 0 atom stereocenters. The zero-order valence-electron chi connectivity index (χ0n) is 33.2. The van der Waals surface area contributed by atoms with Gasteiger partial charge in [-0.05, 0) is 72.8 Å². The van der Waals surface area contributed by atoms with Gasteiger partial charge in [0.25, 0.3) is 11.8 Å². The third-order valence-electron chi connectivity index (χ3n) is 10.4. The lowest BCUT2D eigenvalue weighted by Gasteiger charge is -2.26. The van der Waals surface area contributed by atoms with Crippen LogP contribution in [0, 0.1) is 11.6 Å². The fraction of sp³-hybridized carbons (Fsp3) is 0.0213. The first-order valence-electron chi connectivity index (χ1n) is 19.6. The average Bonchev–Trinajstić information content (AvgIpc) is 4.11. The van der Waals surface area contributed by atoms with Gasteiger partial charge in [0.1, 0.15) is 17.3 Å². The van der Waals surface area contributed by atoms with Gasteiger partial charge >= 0.3 is 6.18 Å². The van der Waals surface area contributed by atoms with Gasteiger partial charge in [-0.2, -0.15) is 23.4 Å². The molecule has 0 fully saturated rings. The normalized spacial score (nSPS) is 11.6. The van der Waals surface area contributed by atoms with Gasteiger partial charge in [0.2, 0.25) is 0 Å². The molecule has 65 heavy (non-hydrogen) atoms. The zero-order chi connectivity index (χ0) is 44.8. The Morgan fingerprint density at radius 3 is 1.91 bits per heavy atom. The number of halogens is 5. The molecule has 0 saturated carbocycles. The molecule has 6 aromatic heterocycles. The average molecular weight is 874 g/mol. The summed E-state index contributed by atoms with van der Waals surface area (Å²) in [6.45, 7) is 0. The van der Waals surface area contributed by atoms with E-state index in [-0.39, 0.29) is 11.4 Å². The van der Waals surface area contributed by atoms with Crippen LogP contribution in [0.15, 0.2) is 159 Å². The van der Waals surface area contributed by atoms with E-state index in [2.05, 4.69) is 30.2 Å². The maximum atomic E-state index is 15.9. The van der Waals surface area contributed by atoms with Crippen molar-refractivity contribution in [3.05, 3.63) is 187 Å². The SMILES string of the molecule is O=C(Nc1c(F)cc(F)cc1C(=O)N(c1cccc(-c2ccnc3cc(-c4ccncc4)nn23)c1)c1cccc(-c2ccnc3cc(-c4cnc[nH]4)nn23)c1)c1cccc(C(F)(F)F)c1. The Labute approximate surface area is 363 Å². The predicted octanol–water partition coefficient (Wildman–Crippen LogP) is 10.1. The first-order chi connectivity index (χ1) is 31.5. The Morgan fingerprint density at radius 1 is 0.646 bits per heavy atom. The van der Waals surface area contributed by atoms with Crippen LogP contribution in [-0.4, -0.2) is 56.0 Å². The van der Waals surface area contributed by atoms with Gasteiger partial charge in [0.15, 0.2) is 11.3 Å². The highest BCUT2D eigenvalue weighted by Crippen LogP contribution is 2.37. The highest BCUT2D eigenvalue weighted by atomic mass is 19.4. The summed E-state index contributed by atoms with van der Waals surface area (Å²) in [5, 5.41) is 11.8. The Kier molecular flexibility index (Phi) is 9.93. The van der Waals surface area contributed by atoms with Gasteiger partial charge in [0, 0.05) is 76.6 Å². The number of alkyl halides is 3. The number of anilines is 3. The molecule has 0 radical (unpaired) electrons. The summed E-state index contributed by atoms with van der Waals surface area (Å²) in [5.74, 6) is -4.67. The Bertz CT molecular complexity index is 3440. The van der Waals surface area contributed by atoms with E-state index in [1.807, 2.05) is 18.2 Å². The molecule has 0 bridgehead atoms. The number of aromatic nitrogens is 9. The fourth-order valence-electron chi connectivity index (χ4n) is 7.42. The molecule has 6 heterocycles. The predicted molar refractivity (Wildman–Crippen MR) is 230 cm³/mol. The standard InChI is InChI=1S/C47H28F5N11O2/c48-32-21-35(44(36(49)22-32)58-45(64)30-6-1-7-31(18-30)47(50,51)52)46(65)61(34-9-3-5-29(20-34)41-13-17-56-43-24-38(60-63(41)43)39-25-54-26-57-39)33-8-2-4-28(19-33)40-12-16-55-42-23-37(59-62(40)42)27-10-14-53-15-11-27/h1-26H,(H,54,57)(H,58,64). The van der Waals surface area contributed by atoms with Crippen LogP contribution in [0.2, 0.25) is 0 Å². The summed E-state index contributed by atoms with van der Waals surface area (Å²) in [4.78, 5) is 50.1. The van der Waals surface area contributed by atoms with Crippen molar-refractivity contribution in [3.63, 3.8) is 0 Å². The first kappa shape index (κ1) is 40.2. The third-order valence-corrected chi connectivity index (χ3v) is 10.4. The minimum absolute atomic E-state index is 0.217. The van der Waals surface area contributed by atoms with Crippen LogP contribution >= 0.6 is 0 Å². The van der Waals surface area contributed by atoms with Gasteiger partial charge in [-0.3, -0.25) is 19.5 Å². The maximum absolute atomic E-state index is 15.9. The summed E-state index contributed by atoms with van der Waals surface area (Å²) in [7, 11) is 0. The Morgan fingerprint density at radius 2 is 1.28 bits per heavy atom. The lowest BCUT2D eigenvalue weighted by molar-refractivity contribution is -0.137. The third kappa shape index (κ3) is 7.68. The number of aromatic amines is 1. The van der Waals surface area contributed by atoms with Crippen molar-refractivity contribution in [1.29, 1.82) is 0 Å². The molecule has 0 saturated heterocycles. The second-order valence-corrected chi connectivity index (χ2v) is 14.5. The van der Waals surface area contributed by atoms with E-state index in [0.717, 1.165) is 29.8 Å². The number of nitrogens with one attached hydrogen (secondary N) is 2. The molecule has 318 valence electrons. The molecular weight excluding hydrogens is 846 g/mol. The smallest absolute Gasteiger partial charge is 0.343 e. The lowest BCUT2D eigenvalue weighted by atomic mass is 10.0. The highest BCUT2D eigenvalue weighted by molar-refractivity contribution is 6.16. The van der Waals surface area contributed by atoms with Gasteiger partial charge in [-0.15, -0.1) is 0 Å². The number of rotatable bonds is 9. The number of imidazole rings is 1. The molecule has 10 rings (SSSR count). The maximum Gasteiger partial charge on any atom is 0.416 e. The number of hydrogen-bond acceptors (Lipinski definition) is 8. The van der Waals surface area contributed by atoms with Crippen molar-refractivity contribution in [2.24, 2.45) is 0 Å². The van der Waals surface area contributed by atoms with Crippen molar-refractivity contribution >= 4 is 40.2 Å². The fourth-order valence-corrected chi connectivity index (χ4v) is 7.42. The van der Waals surface area contributed by atoms with E-state index < -0.39 is 52.0 Å². The number of amides is 2. The second kappa shape index (κ2) is 16.1. The molecule has 13 nitrogen and oxygen atoms in total. The van der Waals surface area contributed by atoms with Crippen molar-refractivity contribution in [2.45, 2.75) is 6.18 Å². The number of pyridine rings is 1. The van der Waals surface area contributed by atoms with Crippen molar-refractivity contribution in [2.75, 3.05) is 10.2 Å². The van der Waals surface area contributed by atoms with Gasteiger partial charge in [-0.25, -0.2) is 32.8 Å². The Hall–Kier alpha value is -8.93. The summed E-state index contributed by atoms with van der Waals surface area (Å²) < 4.78 is 75.3. The monoisotopic (exact) mass is 873 g/mol. The summed E-state index contributed by atoms with van der Waals surface area (Å²) >= 11 is 0. The summed E-state index contributed by atoms with van der Waals surface area (Å²) in [5.41, 5.74) is 3.38. The molecule has 0 unspecified atom stereocenters. The highest BCUT2D eigenvalue weighted by Gasteiger charge is 2.32. The Balaban J connectivity index is 1.11. The molecule has 4 aromatic carbocycles. The van der Waals surface area contributed by atoms with Crippen molar-refractivity contribution in [1.82, 2.24) is 44.1 Å². The van der Waals surface area contributed by atoms with Gasteiger partial charge < -0.3 is 10.3 Å². The second-order valence-electron chi connectivity index (χ2n) is 14.5. The van der Waals surface area contributed by atoms with Crippen LogP contribution < -0.4 is 10.2 Å². The van der Waals surface area contributed by atoms with Gasteiger partial charge in [0.05, 0.1) is 52.1 Å². The number of nitrogens with zero attached hydrogens (tertiary/aromatic N) is 9. The number of carbonyl (C=O) groups is 2. The quantitative estimate of drug-likeness (QED) is 0.136. The van der Waals surface area contributed by atoms with Gasteiger partial charge in [-0.1, -0.05) is 30.3 Å². The lowest BCUT2D eigenvalue weighted by Crippen LogP contribution is -2.28. The van der Waals surface area contributed by atoms with E-state index in [4.69, 9.17) is 10.2 Å². The first-order valence-corrected chi connectivity index (χ1v) is 19.6. The molecule has 0 aliphatic carbocycles. The molecule has 18 heteroatoms. The van der Waals surface area contributed by atoms with Crippen molar-refractivity contribution < 1.29 is 31.5 Å². The largest absolute Gasteiger partial charge is 0.416 e. The van der Waals surface area contributed by atoms with E-state index in [0.29, 0.717) is 63.0 Å². The van der Waals surface area contributed by atoms with Crippen LogP contribution in [0.4, 0.5) is 39.0 Å². The molecular formula is C47H28F5N11O2.